The van der Waals surface area contributed by atoms with E-state index < -0.39 is 0 Å². The molecule has 0 amide bonds. The fraction of sp³-hybridized carbons (Fsp3) is 1.00. The third-order valence-corrected chi connectivity index (χ3v) is 5.28. The van der Waals surface area contributed by atoms with Crippen molar-refractivity contribution in [2.45, 2.75) is 65.5 Å². The van der Waals surface area contributed by atoms with Gasteiger partial charge >= 0.3 is 0 Å². The first-order chi connectivity index (χ1) is 9.52. The number of hydrogen-bond donors (Lipinski definition) is 1. The number of fused-ring (bicyclic) bond motifs is 1. The molecule has 3 nitrogen and oxygen atoms in total. The van der Waals surface area contributed by atoms with Gasteiger partial charge in [-0.1, -0.05) is 27.7 Å². The predicted octanol–water partition coefficient (Wildman–Crippen LogP) is 2.57. The summed E-state index contributed by atoms with van der Waals surface area (Å²) >= 11 is 0. The maximum absolute atomic E-state index is 3.65. The lowest BCUT2D eigenvalue weighted by molar-refractivity contribution is 0.141. The fourth-order valence-electron chi connectivity index (χ4n) is 3.71. The Bertz CT molecular complexity index is 292. The molecule has 2 rings (SSSR count). The van der Waals surface area contributed by atoms with Gasteiger partial charge in [0.15, 0.2) is 0 Å². The minimum Gasteiger partial charge on any atom is -0.314 e. The molecule has 0 spiro atoms. The SMILES string of the molecule is CCC(C)(CNC(C)C)CN1CCCN2CCCC2C1. The van der Waals surface area contributed by atoms with Gasteiger partial charge in [0, 0.05) is 31.7 Å². The summed E-state index contributed by atoms with van der Waals surface area (Å²) < 4.78 is 0. The fourth-order valence-corrected chi connectivity index (χ4v) is 3.71. The molecular weight excluding hydrogens is 246 g/mol. The third kappa shape index (κ3) is 4.44. The maximum atomic E-state index is 3.65. The van der Waals surface area contributed by atoms with Crippen LogP contribution in [0.2, 0.25) is 0 Å². The van der Waals surface area contributed by atoms with Crippen molar-refractivity contribution in [2.75, 3.05) is 39.3 Å². The molecule has 2 atom stereocenters. The van der Waals surface area contributed by atoms with Crippen LogP contribution in [0, 0.1) is 5.41 Å². The van der Waals surface area contributed by atoms with Crippen LogP contribution in [0.1, 0.15) is 53.4 Å². The van der Waals surface area contributed by atoms with E-state index in [2.05, 4.69) is 42.8 Å². The molecular formula is C17H35N3. The summed E-state index contributed by atoms with van der Waals surface area (Å²) in [6.07, 6.45) is 5.45. The maximum Gasteiger partial charge on any atom is 0.0223 e. The molecule has 2 fully saturated rings. The van der Waals surface area contributed by atoms with Crippen molar-refractivity contribution in [3.05, 3.63) is 0 Å². The van der Waals surface area contributed by atoms with Crippen LogP contribution in [0.15, 0.2) is 0 Å². The van der Waals surface area contributed by atoms with Gasteiger partial charge in [-0.05, 0) is 50.7 Å². The molecule has 2 aliphatic rings. The van der Waals surface area contributed by atoms with Gasteiger partial charge in [-0.15, -0.1) is 0 Å². The van der Waals surface area contributed by atoms with Crippen molar-refractivity contribution in [1.29, 1.82) is 0 Å². The van der Waals surface area contributed by atoms with Crippen molar-refractivity contribution in [1.82, 2.24) is 15.1 Å². The minimum atomic E-state index is 0.415. The highest BCUT2D eigenvalue weighted by Gasteiger charge is 2.32. The molecule has 1 N–H and O–H groups in total. The molecule has 0 aliphatic carbocycles. The van der Waals surface area contributed by atoms with Crippen LogP contribution in [0.5, 0.6) is 0 Å². The average molecular weight is 281 g/mol. The second kappa shape index (κ2) is 7.24. The van der Waals surface area contributed by atoms with E-state index in [0.29, 0.717) is 11.5 Å². The van der Waals surface area contributed by atoms with E-state index in [4.69, 9.17) is 0 Å². The molecule has 0 aromatic carbocycles. The van der Waals surface area contributed by atoms with Crippen LogP contribution < -0.4 is 5.32 Å². The van der Waals surface area contributed by atoms with Gasteiger partial charge in [-0.2, -0.15) is 0 Å². The molecule has 2 heterocycles. The monoisotopic (exact) mass is 281 g/mol. The lowest BCUT2D eigenvalue weighted by Crippen LogP contribution is -2.46. The Kier molecular flexibility index (Phi) is 5.88. The molecule has 20 heavy (non-hydrogen) atoms. The minimum absolute atomic E-state index is 0.415. The number of rotatable bonds is 6. The summed E-state index contributed by atoms with van der Waals surface area (Å²) in [6, 6.07) is 1.44. The second-order valence-corrected chi connectivity index (χ2v) is 7.62. The zero-order valence-corrected chi connectivity index (χ0v) is 14.1. The van der Waals surface area contributed by atoms with Gasteiger partial charge in [0.05, 0.1) is 0 Å². The highest BCUT2D eigenvalue weighted by molar-refractivity contribution is 4.88. The van der Waals surface area contributed by atoms with E-state index in [1.54, 1.807) is 0 Å². The van der Waals surface area contributed by atoms with Gasteiger partial charge in [0.2, 0.25) is 0 Å². The number of nitrogens with one attached hydrogen (secondary N) is 1. The van der Waals surface area contributed by atoms with Crippen molar-refractivity contribution >= 4 is 0 Å². The molecule has 0 radical (unpaired) electrons. The van der Waals surface area contributed by atoms with Gasteiger partial charge in [0.25, 0.3) is 0 Å². The Morgan fingerprint density at radius 1 is 1.20 bits per heavy atom. The predicted molar refractivity (Wildman–Crippen MR) is 87.2 cm³/mol. The second-order valence-electron chi connectivity index (χ2n) is 7.62. The number of nitrogens with zero attached hydrogens (tertiary/aromatic N) is 2. The normalized spacial score (nSPS) is 28.4. The van der Waals surface area contributed by atoms with Crippen molar-refractivity contribution in [3.63, 3.8) is 0 Å². The van der Waals surface area contributed by atoms with Crippen LogP contribution in [0.25, 0.3) is 0 Å². The average Bonchev–Trinajstić information content (AvgIpc) is 2.76. The largest absolute Gasteiger partial charge is 0.314 e. The molecule has 2 aliphatic heterocycles. The van der Waals surface area contributed by atoms with E-state index in [9.17, 15) is 0 Å². The van der Waals surface area contributed by atoms with E-state index in [-0.39, 0.29) is 0 Å². The van der Waals surface area contributed by atoms with E-state index >= 15 is 0 Å². The molecule has 118 valence electrons. The molecule has 3 heteroatoms. The quantitative estimate of drug-likeness (QED) is 0.807. The van der Waals surface area contributed by atoms with Gasteiger partial charge in [-0.3, -0.25) is 4.90 Å². The topological polar surface area (TPSA) is 18.5 Å². The summed E-state index contributed by atoms with van der Waals surface area (Å²) in [5.74, 6) is 0. The zero-order valence-electron chi connectivity index (χ0n) is 14.1. The molecule has 0 bridgehead atoms. The van der Waals surface area contributed by atoms with Gasteiger partial charge in [0.1, 0.15) is 0 Å². The summed E-state index contributed by atoms with van der Waals surface area (Å²) in [6.45, 7) is 17.0. The molecule has 2 unspecified atom stereocenters. The Balaban J connectivity index is 1.88. The highest BCUT2D eigenvalue weighted by Crippen LogP contribution is 2.26. The van der Waals surface area contributed by atoms with Gasteiger partial charge < -0.3 is 10.2 Å². The molecule has 0 aromatic rings. The van der Waals surface area contributed by atoms with Crippen LogP contribution in [-0.2, 0) is 0 Å². The van der Waals surface area contributed by atoms with Crippen molar-refractivity contribution < 1.29 is 0 Å². The van der Waals surface area contributed by atoms with Gasteiger partial charge in [-0.25, -0.2) is 0 Å². The Morgan fingerprint density at radius 3 is 2.65 bits per heavy atom. The first-order valence-corrected chi connectivity index (χ1v) is 8.72. The summed E-state index contributed by atoms with van der Waals surface area (Å²) in [4.78, 5) is 5.48. The van der Waals surface area contributed by atoms with Crippen molar-refractivity contribution in [2.24, 2.45) is 5.41 Å². The summed E-state index contributed by atoms with van der Waals surface area (Å²) in [5.41, 5.74) is 0.415. The smallest absolute Gasteiger partial charge is 0.0223 e. The standard InChI is InChI=1S/C17H35N3/c1-5-17(4,13-18-15(2)3)14-19-9-7-11-20-10-6-8-16(20)12-19/h15-16,18H,5-14H2,1-4H3. The van der Waals surface area contributed by atoms with Crippen LogP contribution in [-0.4, -0.2) is 61.2 Å². The van der Waals surface area contributed by atoms with Crippen LogP contribution in [0.3, 0.4) is 0 Å². The molecule has 0 aromatic heterocycles. The van der Waals surface area contributed by atoms with Crippen LogP contribution in [0.4, 0.5) is 0 Å². The first kappa shape index (κ1) is 16.3. The summed E-state index contributed by atoms with van der Waals surface area (Å²) in [7, 11) is 0. The summed E-state index contributed by atoms with van der Waals surface area (Å²) in [5, 5.41) is 3.65. The highest BCUT2D eigenvalue weighted by atomic mass is 15.3. The van der Waals surface area contributed by atoms with Crippen LogP contribution >= 0.6 is 0 Å². The third-order valence-electron chi connectivity index (χ3n) is 5.28. The lowest BCUT2D eigenvalue weighted by Gasteiger charge is -2.36. The molecule has 2 saturated heterocycles. The number of hydrogen-bond acceptors (Lipinski definition) is 3. The van der Waals surface area contributed by atoms with E-state index in [1.807, 2.05) is 0 Å². The molecule has 0 saturated carbocycles. The Hall–Kier alpha value is -0.120. The Labute approximate surface area is 126 Å². The first-order valence-electron chi connectivity index (χ1n) is 8.72. The van der Waals surface area contributed by atoms with Crippen molar-refractivity contribution in [3.8, 4) is 0 Å². The lowest BCUT2D eigenvalue weighted by atomic mass is 9.86. The van der Waals surface area contributed by atoms with E-state index in [1.165, 1.54) is 58.4 Å². The van der Waals surface area contributed by atoms with E-state index in [0.717, 1.165) is 12.6 Å². The zero-order chi connectivity index (χ0) is 14.6. The Morgan fingerprint density at radius 2 is 1.95 bits per heavy atom.